The van der Waals surface area contributed by atoms with Crippen molar-refractivity contribution in [1.29, 1.82) is 0 Å². The van der Waals surface area contributed by atoms with Gasteiger partial charge in [-0.1, -0.05) is 40.9 Å². The summed E-state index contributed by atoms with van der Waals surface area (Å²) < 4.78 is 1.66. The number of hydrogen-bond donors (Lipinski definition) is 2. The molecule has 0 saturated carbocycles. The molecule has 1 amide bonds. The standard InChI is InChI=1S/C24H17Cl3N6O/c1-13-20(23(34)30-17-3-2-10-28-12-17)21(18-9-8-16(26)11-19(18)27)33-24(29-13)31-22(32-33)14-4-6-15(25)7-5-14/h2-12,21H,1H3,(H,30,34)(H,29,31,32). The van der Waals surface area contributed by atoms with Gasteiger partial charge in [-0.05, 0) is 55.5 Å². The molecular formula is C24H17Cl3N6O. The van der Waals surface area contributed by atoms with Crippen LogP contribution in [0.3, 0.4) is 0 Å². The third kappa shape index (κ3) is 4.25. The zero-order valence-electron chi connectivity index (χ0n) is 17.8. The summed E-state index contributed by atoms with van der Waals surface area (Å²) in [4.78, 5) is 22.2. The van der Waals surface area contributed by atoms with Gasteiger partial charge < -0.3 is 10.6 Å². The van der Waals surface area contributed by atoms with Crippen LogP contribution in [-0.2, 0) is 4.79 Å². The van der Waals surface area contributed by atoms with E-state index in [0.29, 0.717) is 49.4 Å². The van der Waals surface area contributed by atoms with E-state index in [4.69, 9.17) is 39.9 Å². The molecule has 2 aromatic carbocycles. The molecule has 0 bridgehead atoms. The number of rotatable bonds is 4. The van der Waals surface area contributed by atoms with Crippen LogP contribution in [0.4, 0.5) is 11.6 Å². The molecule has 1 aliphatic rings. The van der Waals surface area contributed by atoms with Crippen LogP contribution in [0.15, 0.2) is 78.3 Å². The Hall–Kier alpha value is -3.39. The molecule has 34 heavy (non-hydrogen) atoms. The molecule has 0 aliphatic carbocycles. The van der Waals surface area contributed by atoms with Gasteiger partial charge in [0.1, 0.15) is 6.04 Å². The molecule has 170 valence electrons. The number of allylic oxidation sites excluding steroid dienone is 1. The maximum atomic E-state index is 13.5. The zero-order valence-corrected chi connectivity index (χ0v) is 20.0. The number of amides is 1. The first-order valence-corrected chi connectivity index (χ1v) is 11.4. The van der Waals surface area contributed by atoms with Crippen molar-refractivity contribution in [2.24, 2.45) is 0 Å². The van der Waals surface area contributed by atoms with Crippen LogP contribution in [0.1, 0.15) is 18.5 Å². The molecule has 1 unspecified atom stereocenters. The second-order valence-electron chi connectivity index (χ2n) is 7.64. The van der Waals surface area contributed by atoms with Crippen LogP contribution < -0.4 is 10.6 Å². The predicted molar refractivity (Wildman–Crippen MR) is 134 cm³/mol. The second-order valence-corrected chi connectivity index (χ2v) is 8.92. The fraction of sp³-hybridized carbons (Fsp3) is 0.0833. The SMILES string of the molecule is CC1=C(C(=O)Nc2cccnc2)C(c2ccc(Cl)cc2Cl)n2nc(-c3ccc(Cl)cc3)nc2N1. The molecule has 2 aromatic heterocycles. The van der Waals surface area contributed by atoms with Crippen molar-refractivity contribution < 1.29 is 4.79 Å². The first-order chi connectivity index (χ1) is 16.4. The Balaban J connectivity index is 1.63. The minimum atomic E-state index is -0.647. The first kappa shape index (κ1) is 22.4. The van der Waals surface area contributed by atoms with E-state index in [0.717, 1.165) is 5.56 Å². The van der Waals surface area contributed by atoms with Crippen LogP contribution in [0.2, 0.25) is 15.1 Å². The maximum absolute atomic E-state index is 13.5. The highest BCUT2D eigenvalue weighted by molar-refractivity contribution is 6.35. The number of carbonyl (C=O) groups is 1. The van der Waals surface area contributed by atoms with Gasteiger partial charge in [-0.2, -0.15) is 4.98 Å². The topological polar surface area (TPSA) is 84.7 Å². The van der Waals surface area contributed by atoms with Gasteiger partial charge in [-0.15, -0.1) is 5.10 Å². The highest BCUT2D eigenvalue weighted by Crippen LogP contribution is 2.40. The molecular weight excluding hydrogens is 495 g/mol. The quantitative estimate of drug-likeness (QED) is 0.339. The Morgan fingerprint density at radius 1 is 1.06 bits per heavy atom. The third-order valence-corrected chi connectivity index (χ3v) is 6.19. The summed E-state index contributed by atoms with van der Waals surface area (Å²) in [5.41, 5.74) is 3.08. The van der Waals surface area contributed by atoms with E-state index in [-0.39, 0.29) is 5.91 Å². The van der Waals surface area contributed by atoms with Gasteiger partial charge in [-0.25, -0.2) is 4.68 Å². The lowest BCUT2D eigenvalue weighted by molar-refractivity contribution is -0.113. The highest BCUT2D eigenvalue weighted by Gasteiger charge is 2.35. The second kappa shape index (κ2) is 9.10. The first-order valence-electron chi connectivity index (χ1n) is 10.3. The Morgan fingerprint density at radius 3 is 2.53 bits per heavy atom. The van der Waals surface area contributed by atoms with E-state index in [2.05, 4.69) is 20.6 Å². The van der Waals surface area contributed by atoms with E-state index < -0.39 is 6.04 Å². The molecule has 0 fully saturated rings. The van der Waals surface area contributed by atoms with Crippen molar-refractivity contribution in [2.45, 2.75) is 13.0 Å². The fourth-order valence-electron chi connectivity index (χ4n) is 3.81. The smallest absolute Gasteiger partial charge is 0.255 e. The molecule has 2 N–H and O–H groups in total. The molecule has 0 spiro atoms. The molecule has 10 heteroatoms. The summed E-state index contributed by atoms with van der Waals surface area (Å²) >= 11 is 18.8. The number of fused-ring (bicyclic) bond motifs is 1. The van der Waals surface area contributed by atoms with Gasteiger partial charge >= 0.3 is 0 Å². The molecule has 1 atom stereocenters. The van der Waals surface area contributed by atoms with E-state index in [1.165, 1.54) is 0 Å². The lowest BCUT2D eigenvalue weighted by Gasteiger charge is -2.29. The van der Waals surface area contributed by atoms with Crippen molar-refractivity contribution in [2.75, 3.05) is 10.6 Å². The summed E-state index contributed by atoms with van der Waals surface area (Å²) in [6, 6.07) is 15.2. The van der Waals surface area contributed by atoms with Crippen LogP contribution in [0, 0.1) is 0 Å². The molecule has 0 saturated heterocycles. The molecule has 0 radical (unpaired) electrons. The van der Waals surface area contributed by atoms with Crippen molar-refractivity contribution in [1.82, 2.24) is 19.7 Å². The Morgan fingerprint density at radius 2 is 1.82 bits per heavy atom. The minimum absolute atomic E-state index is 0.316. The van der Waals surface area contributed by atoms with Crippen molar-refractivity contribution in [3.63, 3.8) is 0 Å². The summed E-state index contributed by atoms with van der Waals surface area (Å²) in [7, 11) is 0. The fourth-order valence-corrected chi connectivity index (χ4v) is 4.45. The van der Waals surface area contributed by atoms with Gasteiger partial charge in [0.15, 0.2) is 5.82 Å². The summed E-state index contributed by atoms with van der Waals surface area (Å²) in [6.45, 7) is 1.81. The van der Waals surface area contributed by atoms with Gasteiger partial charge in [0.05, 0.1) is 17.5 Å². The largest absolute Gasteiger partial charge is 0.328 e. The van der Waals surface area contributed by atoms with Gasteiger partial charge in [0.25, 0.3) is 5.91 Å². The van der Waals surface area contributed by atoms with Gasteiger partial charge in [-0.3, -0.25) is 9.78 Å². The van der Waals surface area contributed by atoms with E-state index in [9.17, 15) is 4.79 Å². The van der Waals surface area contributed by atoms with Gasteiger partial charge in [0, 0.05) is 38.1 Å². The van der Waals surface area contributed by atoms with Crippen molar-refractivity contribution >= 4 is 52.3 Å². The lowest BCUT2D eigenvalue weighted by atomic mass is 9.95. The number of pyridine rings is 1. The Kier molecular flexibility index (Phi) is 6.00. The Labute approximate surface area is 210 Å². The molecule has 1 aliphatic heterocycles. The van der Waals surface area contributed by atoms with Crippen LogP contribution in [0.5, 0.6) is 0 Å². The summed E-state index contributed by atoms with van der Waals surface area (Å²) in [5, 5.41) is 12.4. The number of nitrogens with one attached hydrogen (secondary N) is 2. The number of benzene rings is 2. The molecule has 7 nitrogen and oxygen atoms in total. The minimum Gasteiger partial charge on any atom is -0.328 e. The average molecular weight is 512 g/mol. The van der Waals surface area contributed by atoms with Crippen molar-refractivity contribution in [3.8, 4) is 11.4 Å². The maximum Gasteiger partial charge on any atom is 0.255 e. The van der Waals surface area contributed by atoms with E-state index >= 15 is 0 Å². The number of hydrogen-bond acceptors (Lipinski definition) is 5. The third-order valence-electron chi connectivity index (χ3n) is 5.38. The average Bonchev–Trinajstić information content (AvgIpc) is 3.23. The number of anilines is 2. The van der Waals surface area contributed by atoms with E-state index in [1.807, 2.05) is 19.1 Å². The van der Waals surface area contributed by atoms with Crippen LogP contribution >= 0.6 is 34.8 Å². The Bertz CT molecular complexity index is 1420. The number of aromatic nitrogens is 4. The zero-order chi connectivity index (χ0) is 23.8. The monoisotopic (exact) mass is 510 g/mol. The number of carbonyl (C=O) groups excluding carboxylic acids is 1. The molecule has 4 aromatic rings. The van der Waals surface area contributed by atoms with E-state index in [1.54, 1.807) is 59.5 Å². The number of nitrogens with zero attached hydrogens (tertiary/aromatic N) is 4. The molecule has 5 rings (SSSR count). The lowest BCUT2D eigenvalue weighted by Crippen LogP contribution is -2.31. The highest BCUT2D eigenvalue weighted by atomic mass is 35.5. The van der Waals surface area contributed by atoms with Crippen LogP contribution in [-0.4, -0.2) is 25.7 Å². The molecule has 3 heterocycles. The van der Waals surface area contributed by atoms with Gasteiger partial charge in [0.2, 0.25) is 5.95 Å². The summed E-state index contributed by atoms with van der Waals surface area (Å²) in [6.07, 6.45) is 3.21. The van der Waals surface area contributed by atoms with Crippen molar-refractivity contribution in [3.05, 3.63) is 98.9 Å². The number of halogens is 3. The summed E-state index contributed by atoms with van der Waals surface area (Å²) in [5.74, 6) is 0.649. The predicted octanol–water partition coefficient (Wildman–Crippen LogP) is 6.23. The van der Waals surface area contributed by atoms with Crippen LogP contribution in [0.25, 0.3) is 11.4 Å². The normalized spacial score (nSPS) is 15.0.